The number of aliphatic hydroxyl groups is 1. The maximum absolute atomic E-state index is 13.0. The van der Waals surface area contributed by atoms with Crippen LogP contribution in [0.1, 0.15) is 46.6 Å². The summed E-state index contributed by atoms with van der Waals surface area (Å²) in [7, 11) is 0. The Kier molecular flexibility index (Phi) is 9.25. The van der Waals surface area contributed by atoms with Crippen molar-refractivity contribution >= 4 is 18.1 Å². The highest BCUT2D eigenvalue weighted by Gasteiger charge is 2.40. The van der Waals surface area contributed by atoms with Gasteiger partial charge in [0.25, 0.3) is 0 Å². The van der Waals surface area contributed by atoms with Gasteiger partial charge in [-0.25, -0.2) is 14.5 Å². The van der Waals surface area contributed by atoms with Gasteiger partial charge in [0.05, 0.1) is 18.7 Å². The third-order valence-electron chi connectivity index (χ3n) is 5.21. The number of likely N-dealkylation sites (tertiary alicyclic amines) is 1. The number of ether oxygens (including phenoxy) is 2. The summed E-state index contributed by atoms with van der Waals surface area (Å²) >= 11 is 0. The van der Waals surface area contributed by atoms with Crippen molar-refractivity contribution in [3.05, 3.63) is 35.9 Å². The molecule has 0 bridgehead atoms. The number of carbonyl (C=O) groups excluding carboxylic acids is 3. The van der Waals surface area contributed by atoms with E-state index >= 15 is 0 Å². The monoisotopic (exact) mass is 463 g/mol. The van der Waals surface area contributed by atoms with Gasteiger partial charge >= 0.3 is 12.2 Å². The highest BCUT2D eigenvalue weighted by Crippen LogP contribution is 2.22. The fourth-order valence-electron chi connectivity index (χ4n) is 3.60. The van der Waals surface area contributed by atoms with E-state index < -0.39 is 41.8 Å². The molecule has 1 fully saturated rings. The molecule has 0 saturated carbocycles. The van der Waals surface area contributed by atoms with Crippen LogP contribution in [-0.2, 0) is 20.9 Å². The van der Waals surface area contributed by atoms with Gasteiger partial charge in [0.2, 0.25) is 5.91 Å². The van der Waals surface area contributed by atoms with Gasteiger partial charge < -0.3 is 25.2 Å². The lowest BCUT2D eigenvalue weighted by Gasteiger charge is -2.27. The van der Waals surface area contributed by atoms with Crippen molar-refractivity contribution < 1.29 is 29.0 Å². The van der Waals surface area contributed by atoms with Crippen molar-refractivity contribution in [3.8, 4) is 0 Å². The van der Waals surface area contributed by atoms with Crippen LogP contribution in [0.25, 0.3) is 0 Å². The van der Waals surface area contributed by atoms with Crippen LogP contribution in [0.5, 0.6) is 0 Å². The summed E-state index contributed by atoms with van der Waals surface area (Å²) in [6.45, 7) is 9.23. The molecule has 9 nitrogen and oxygen atoms in total. The molecule has 1 aliphatic rings. The number of benzene rings is 1. The summed E-state index contributed by atoms with van der Waals surface area (Å²) in [4.78, 5) is 40.7. The fourth-order valence-corrected chi connectivity index (χ4v) is 3.60. The highest BCUT2D eigenvalue weighted by atomic mass is 16.6. The second kappa shape index (κ2) is 11.5. The molecule has 0 unspecified atom stereocenters. The zero-order valence-electron chi connectivity index (χ0n) is 20.2. The Morgan fingerprint density at radius 2 is 1.82 bits per heavy atom. The minimum atomic E-state index is -0.920. The number of aliphatic hydroxyl groups excluding tert-OH is 1. The number of nitrogens with zero attached hydrogens (tertiary/aromatic N) is 2. The smallest absolute Gasteiger partial charge is 0.416 e. The van der Waals surface area contributed by atoms with Crippen LogP contribution in [0, 0.1) is 11.8 Å². The van der Waals surface area contributed by atoms with Gasteiger partial charge in [0.15, 0.2) is 0 Å². The minimum Gasteiger partial charge on any atom is -0.444 e. The van der Waals surface area contributed by atoms with E-state index in [4.69, 9.17) is 15.2 Å². The van der Waals surface area contributed by atoms with E-state index in [-0.39, 0.29) is 32.2 Å². The fraction of sp³-hybridized carbons (Fsp3) is 0.625. The Labute approximate surface area is 195 Å². The van der Waals surface area contributed by atoms with Gasteiger partial charge in [-0.1, -0.05) is 44.2 Å². The summed E-state index contributed by atoms with van der Waals surface area (Å²) in [5.74, 6) is -0.951. The van der Waals surface area contributed by atoms with E-state index in [1.807, 2.05) is 44.2 Å². The summed E-state index contributed by atoms with van der Waals surface area (Å²) < 4.78 is 10.7. The molecule has 1 aromatic rings. The molecule has 3 amide bonds. The first-order valence-electron chi connectivity index (χ1n) is 11.3. The van der Waals surface area contributed by atoms with Crippen LogP contribution in [0.4, 0.5) is 9.59 Å². The zero-order valence-corrected chi connectivity index (χ0v) is 20.2. The number of hydrogen-bond acceptors (Lipinski definition) is 7. The molecule has 3 atom stereocenters. The topological polar surface area (TPSA) is 122 Å². The van der Waals surface area contributed by atoms with Crippen molar-refractivity contribution in [2.45, 2.75) is 65.4 Å². The van der Waals surface area contributed by atoms with Gasteiger partial charge in [0, 0.05) is 19.0 Å². The third kappa shape index (κ3) is 8.33. The van der Waals surface area contributed by atoms with Crippen LogP contribution in [0.2, 0.25) is 0 Å². The summed E-state index contributed by atoms with van der Waals surface area (Å²) in [5.41, 5.74) is 6.18. The minimum absolute atomic E-state index is 0.000125. The first-order chi connectivity index (χ1) is 15.4. The zero-order chi connectivity index (χ0) is 24.8. The molecule has 0 spiro atoms. The molecule has 0 aromatic heterocycles. The summed E-state index contributed by atoms with van der Waals surface area (Å²) in [5, 5.41) is 10.5. The van der Waals surface area contributed by atoms with E-state index in [2.05, 4.69) is 0 Å². The lowest BCUT2D eigenvalue weighted by Crippen LogP contribution is -2.50. The molecule has 2 rings (SSSR count). The largest absolute Gasteiger partial charge is 0.444 e. The molecule has 33 heavy (non-hydrogen) atoms. The van der Waals surface area contributed by atoms with E-state index in [1.54, 1.807) is 20.8 Å². The SMILES string of the molecule is CC(C)C[C@H](N)C(=O)N(C[C@H]1CN(C(=O)OC(C)(C)C)C[C@@H]1O)C(=O)OCc1ccccc1. The van der Waals surface area contributed by atoms with E-state index in [1.165, 1.54) is 4.90 Å². The second-order valence-electron chi connectivity index (χ2n) is 9.94. The van der Waals surface area contributed by atoms with Crippen LogP contribution >= 0.6 is 0 Å². The quantitative estimate of drug-likeness (QED) is 0.637. The van der Waals surface area contributed by atoms with Gasteiger partial charge in [-0.2, -0.15) is 0 Å². The molecular formula is C24H37N3O6. The molecule has 1 aliphatic heterocycles. The first-order valence-corrected chi connectivity index (χ1v) is 11.3. The molecule has 0 radical (unpaired) electrons. The number of amides is 3. The number of hydrogen-bond donors (Lipinski definition) is 2. The number of rotatable bonds is 7. The van der Waals surface area contributed by atoms with Crippen molar-refractivity contribution in [1.82, 2.24) is 9.80 Å². The molecular weight excluding hydrogens is 426 g/mol. The third-order valence-corrected chi connectivity index (χ3v) is 5.21. The van der Waals surface area contributed by atoms with Gasteiger partial charge in [-0.3, -0.25) is 4.79 Å². The van der Waals surface area contributed by atoms with Crippen molar-refractivity contribution in [2.24, 2.45) is 17.6 Å². The lowest BCUT2D eigenvalue weighted by molar-refractivity contribution is -0.132. The normalized spacial score (nSPS) is 19.3. The predicted molar refractivity (Wildman–Crippen MR) is 123 cm³/mol. The number of imide groups is 1. The Hall–Kier alpha value is -2.65. The average Bonchev–Trinajstić information content (AvgIpc) is 3.09. The standard InChI is InChI=1S/C24H37N3O6/c1-16(2)11-19(25)21(29)27(23(31)32-15-17-9-7-6-8-10-17)13-18-12-26(14-20(18)28)22(30)33-24(3,4)5/h6-10,16,18-20,28H,11-15,25H2,1-5H3/t18-,19+,20+/m1/s1. The Morgan fingerprint density at radius 1 is 1.18 bits per heavy atom. The Balaban J connectivity index is 2.11. The Bertz CT molecular complexity index is 808. The molecule has 3 N–H and O–H groups in total. The predicted octanol–water partition coefficient (Wildman–Crippen LogP) is 2.75. The van der Waals surface area contributed by atoms with Crippen LogP contribution in [-0.4, -0.2) is 70.4 Å². The van der Waals surface area contributed by atoms with E-state index in [0.29, 0.717) is 6.42 Å². The number of nitrogens with two attached hydrogens (primary N) is 1. The van der Waals surface area contributed by atoms with Crippen molar-refractivity contribution in [3.63, 3.8) is 0 Å². The highest BCUT2D eigenvalue weighted by molar-refractivity contribution is 5.95. The van der Waals surface area contributed by atoms with Gasteiger partial charge in [-0.05, 0) is 38.7 Å². The summed E-state index contributed by atoms with van der Waals surface area (Å²) in [6, 6.07) is 8.24. The maximum atomic E-state index is 13.0. The van der Waals surface area contributed by atoms with Crippen LogP contribution < -0.4 is 5.73 Å². The van der Waals surface area contributed by atoms with E-state index in [9.17, 15) is 19.5 Å². The van der Waals surface area contributed by atoms with Gasteiger partial charge in [-0.15, -0.1) is 0 Å². The molecule has 1 heterocycles. The molecule has 1 saturated heterocycles. The Morgan fingerprint density at radius 3 is 2.39 bits per heavy atom. The van der Waals surface area contributed by atoms with Gasteiger partial charge in [0.1, 0.15) is 12.2 Å². The second-order valence-corrected chi connectivity index (χ2v) is 9.94. The first kappa shape index (κ1) is 26.6. The molecule has 9 heteroatoms. The number of β-amino-alcohol motifs (C(OH)–C–C–N with tert-alkyl or cyclic N) is 1. The van der Waals surface area contributed by atoms with Crippen LogP contribution in [0.3, 0.4) is 0 Å². The van der Waals surface area contributed by atoms with E-state index in [0.717, 1.165) is 10.5 Å². The molecule has 0 aliphatic carbocycles. The maximum Gasteiger partial charge on any atom is 0.416 e. The average molecular weight is 464 g/mol. The van der Waals surface area contributed by atoms with Crippen molar-refractivity contribution in [2.75, 3.05) is 19.6 Å². The summed E-state index contributed by atoms with van der Waals surface area (Å²) in [6.07, 6.45) is -1.90. The molecule has 184 valence electrons. The number of carbonyl (C=O) groups is 3. The van der Waals surface area contributed by atoms with Crippen molar-refractivity contribution in [1.29, 1.82) is 0 Å². The lowest BCUT2D eigenvalue weighted by atomic mass is 10.0. The van der Waals surface area contributed by atoms with Crippen LogP contribution in [0.15, 0.2) is 30.3 Å². The molecule has 1 aromatic carbocycles.